The van der Waals surface area contributed by atoms with Crippen molar-refractivity contribution < 1.29 is 9.84 Å². The van der Waals surface area contributed by atoms with Crippen LogP contribution in [0, 0.1) is 6.92 Å². The predicted molar refractivity (Wildman–Crippen MR) is 124 cm³/mol. The first kappa shape index (κ1) is 18.3. The van der Waals surface area contributed by atoms with E-state index in [2.05, 4.69) is 61.5 Å². The van der Waals surface area contributed by atoms with E-state index in [-0.39, 0.29) is 5.75 Å². The molecular formula is C28H22O2. The molecule has 0 aliphatic heterocycles. The summed E-state index contributed by atoms with van der Waals surface area (Å²) in [6, 6.07) is 32.5. The van der Waals surface area contributed by atoms with Crippen LogP contribution in [0.1, 0.15) is 11.1 Å². The van der Waals surface area contributed by atoms with Crippen molar-refractivity contribution >= 4 is 21.5 Å². The summed E-state index contributed by atoms with van der Waals surface area (Å²) in [6.45, 7) is 2.55. The minimum Gasteiger partial charge on any atom is -0.507 e. The van der Waals surface area contributed by atoms with Gasteiger partial charge in [0, 0.05) is 11.1 Å². The van der Waals surface area contributed by atoms with Crippen LogP contribution in [0.4, 0.5) is 0 Å². The summed E-state index contributed by atoms with van der Waals surface area (Å²) in [7, 11) is 0. The zero-order valence-electron chi connectivity index (χ0n) is 16.8. The monoisotopic (exact) mass is 390 g/mol. The Bertz CT molecular complexity index is 1350. The molecule has 0 unspecified atom stereocenters. The molecule has 0 aliphatic carbocycles. The zero-order chi connectivity index (χ0) is 20.5. The number of benzene rings is 5. The molecule has 0 aromatic heterocycles. The van der Waals surface area contributed by atoms with Gasteiger partial charge in [0.05, 0.1) is 0 Å². The van der Waals surface area contributed by atoms with Gasteiger partial charge in [-0.15, -0.1) is 0 Å². The van der Waals surface area contributed by atoms with Crippen LogP contribution in [0.2, 0.25) is 0 Å². The zero-order valence-corrected chi connectivity index (χ0v) is 16.8. The van der Waals surface area contributed by atoms with Crippen molar-refractivity contribution in [1.82, 2.24) is 0 Å². The van der Waals surface area contributed by atoms with Crippen molar-refractivity contribution in [2.24, 2.45) is 0 Å². The smallest absolute Gasteiger partial charge is 0.128 e. The first-order valence-electron chi connectivity index (χ1n) is 10.1. The Balaban J connectivity index is 1.71. The number of hydrogen-bond acceptors (Lipinski definition) is 2. The van der Waals surface area contributed by atoms with Crippen molar-refractivity contribution in [3.8, 4) is 22.6 Å². The Morgan fingerprint density at radius 2 is 1.23 bits per heavy atom. The molecular weight excluding hydrogens is 368 g/mol. The van der Waals surface area contributed by atoms with E-state index in [0.717, 1.165) is 44.0 Å². The van der Waals surface area contributed by atoms with E-state index in [4.69, 9.17) is 4.74 Å². The fourth-order valence-electron chi connectivity index (χ4n) is 4.00. The average Bonchev–Trinajstić information content (AvgIpc) is 2.79. The van der Waals surface area contributed by atoms with Crippen molar-refractivity contribution in [2.45, 2.75) is 13.5 Å². The van der Waals surface area contributed by atoms with Crippen molar-refractivity contribution in [3.05, 3.63) is 108 Å². The van der Waals surface area contributed by atoms with Gasteiger partial charge in [-0.3, -0.25) is 0 Å². The molecule has 0 bridgehead atoms. The summed E-state index contributed by atoms with van der Waals surface area (Å²) < 4.78 is 6.32. The summed E-state index contributed by atoms with van der Waals surface area (Å²) in [6.07, 6.45) is 0. The number of ether oxygens (including phenoxy) is 1. The maximum Gasteiger partial charge on any atom is 0.128 e. The van der Waals surface area contributed by atoms with Gasteiger partial charge in [0.2, 0.25) is 0 Å². The van der Waals surface area contributed by atoms with E-state index < -0.39 is 0 Å². The lowest BCUT2D eigenvalue weighted by Gasteiger charge is -2.17. The third-order valence-electron chi connectivity index (χ3n) is 5.56. The maximum absolute atomic E-state index is 10.9. The highest BCUT2D eigenvalue weighted by atomic mass is 16.5. The quantitative estimate of drug-likeness (QED) is 0.350. The lowest BCUT2D eigenvalue weighted by molar-refractivity contribution is 0.308. The molecule has 5 aromatic carbocycles. The molecule has 5 rings (SSSR count). The number of hydrogen-bond donors (Lipinski definition) is 1. The molecule has 0 amide bonds. The highest BCUT2D eigenvalue weighted by Crippen LogP contribution is 2.45. The van der Waals surface area contributed by atoms with E-state index in [9.17, 15) is 5.11 Å². The van der Waals surface area contributed by atoms with Gasteiger partial charge in [-0.1, -0.05) is 90.5 Å². The molecule has 0 saturated carbocycles. The Morgan fingerprint density at radius 3 is 1.93 bits per heavy atom. The number of phenolic OH excluding ortho intramolecular Hbond substituents is 1. The SMILES string of the molecule is Cc1ccc(COc2ccc3ccccc3c2-c2c(O)ccc3ccccc23)cc1. The Morgan fingerprint density at radius 1 is 0.633 bits per heavy atom. The number of aromatic hydroxyl groups is 1. The van der Waals surface area contributed by atoms with Gasteiger partial charge in [0.25, 0.3) is 0 Å². The first-order chi connectivity index (χ1) is 14.7. The largest absolute Gasteiger partial charge is 0.507 e. The molecule has 2 heteroatoms. The number of fused-ring (bicyclic) bond motifs is 2. The average molecular weight is 390 g/mol. The van der Waals surface area contributed by atoms with E-state index in [1.807, 2.05) is 36.4 Å². The van der Waals surface area contributed by atoms with Gasteiger partial charge in [-0.05, 0) is 46.2 Å². The highest BCUT2D eigenvalue weighted by molar-refractivity contribution is 6.09. The molecule has 0 fully saturated rings. The molecule has 0 heterocycles. The first-order valence-corrected chi connectivity index (χ1v) is 10.1. The van der Waals surface area contributed by atoms with Gasteiger partial charge in [0.1, 0.15) is 18.1 Å². The van der Waals surface area contributed by atoms with E-state index >= 15 is 0 Å². The summed E-state index contributed by atoms with van der Waals surface area (Å²) in [5, 5.41) is 15.2. The topological polar surface area (TPSA) is 29.5 Å². The summed E-state index contributed by atoms with van der Waals surface area (Å²) in [4.78, 5) is 0. The van der Waals surface area contributed by atoms with Crippen molar-refractivity contribution in [2.75, 3.05) is 0 Å². The Labute approximate surface area is 176 Å². The van der Waals surface area contributed by atoms with Crippen LogP contribution in [-0.2, 0) is 6.61 Å². The van der Waals surface area contributed by atoms with Crippen molar-refractivity contribution in [3.63, 3.8) is 0 Å². The van der Waals surface area contributed by atoms with Crippen LogP contribution < -0.4 is 4.74 Å². The molecule has 2 nitrogen and oxygen atoms in total. The van der Waals surface area contributed by atoms with Crippen LogP contribution in [0.5, 0.6) is 11.5 Å². The molecule has 0 atom stereocenters. The van der Waals surface area contributed by atoms with Crippen LogP contribution in [0.15, 0.2) is 97.1 Å². The second-order valence-corrected chi connectivity index (χ2v) is 7.61. The molecule has 146 valence electrons. The van der Waals surface area contributed by atoms with Gasteiger partial charge in [-0.2, -0.15) is 0 Å². The van der Waals surface area contributed by atoms with E-state index in [1.54, 1.807) is 6.07 Å². The molecule has 0 aliphatic rings. The third kappa shape index (κ3) is 3.27. The second-order valence-electron chi connectivity index (χ2n) is 7.61. The van der Waals surface area contributed by atoms with E-state index in [1.165, 1.54) is 5.56 Å². The van der Waals surface area contributed by atoms with Gasteiger partial charge in [-0.25, -0.2) is 0 Å². The molecule has 30 heavy (non-hydrogen) atoms. The number of aryl methyl sites for hydroxylation is 1. The molecule has 0 radical (unpaired) electrons. The molecule has 0 saturated heterocycles. The molecule has 1 N–H and O–H groups in total. The van der Waals surface area contributed by atoms with Crippen molar-refractivity contribution in [1.29, 1.82) is 0 Å². The minimum atomic E-state index is 0.255. The summed E-state index contributed by atoms with van der Waals surface area (Å²) in [5.41, 5.74) is 4.07. The molecule has 5 aromatic rings. The lowest BCUT2D eigenvalue weighted by atomic mass is 9.92. The summed E-state index contributed by atoms with van der Waals surface area (Å²) >= 11 is 0. The maximum atomic E-state index is 10.9. The van der Waals surface area contributed by atoms with Gasteiger partial charge in [0.15, 0.2) is 0 Å². The molecule has 0 spiro atoms. The van der Waals surface area contributed by atoms with Crippen LogP contribution in [-0.4, -0.2) is 5.11 Å². The van der Waals surface area contributed by atoms with Crippen LogP contribution in [0.3, 0.4) is 0 Å². The summed E-state index contributed by atoms with van der Waals surface area (Å²) in [5.74, 6) is 1.02. The normalized spacial score (nSPS) is 11.1. The second kappa shape index (κ2) is 7.57. The Kier molecular flexibility index (Phi) is 4.61. The fourth-order valence-corrected chi connectivity index (χ4v) is 4.00. The van der Waals surface area contributed by atoms with Gasteiger partial charge >= 0.3 is 0 Å². The van der Waals surface area contributed by atoms with Crippen LogP contribution in [0.25, 0.3) is 32.7 Å². The third-order valence-corrected chi connectivity index (χ3v) is 5.56. The van der Waals surface area contributed by atoms with Crippen LogP contribution >= 0.6 is 0 Å². The fraction of sp³-hybridized carbons (Fsp3) is 0.0714. The van der Waals surface area contributed by atoms with E-state index in [0.29, 0.717) is 6.61 Å². The van der Waals surface area contributed by atoms with Gasteiger partial charge < -0.3 is 9.84 Å². The standard InChI is InChI=1S/C28H22O2/c1-19-10-12-20(13-11-19)18-30-26-17-15-22-7-3-5-9-24(22)28(26)27-23-8-4-2-6-21(23)14-16-25(27)29/h2-17,29H,18H2,1H3. The highest BCUT2D eigenvalue weighted by Gasteiger charge is 2.17. The predicted octanol–water partition coefficient (Wildman–Crippen LogP) is 7.25. The lowest BCUT2D eigenvalue weighted by Crippen LogP contribution is -1.98. The number of rotatable bonds is 4. The minimum absolute atomic E-state index is 0.255. The number of phenols is 1. The Hall–Kier alpha value is -3.78.